The van der Waals surface area contributed by atoms with E-state index < -0.39 is 10.0 Å². The summed E-state index contributed by atoms with van der Waals surface area (Å²) < 4.78 is 29.8. The van der Waals surface area contributed by atoms with E-state index in [0.717, 1.165) is 17.2 Å². The van der Waals surface area contributed by atoms with Crippen LogP contribution in [0, 0.1) is 0 Å². The number of amides is 2. The van der Waals surface area contributed by atoms with Crippen LogP contribution in [0.5, 0.6) is 0 Å². The average Bonchev–Trinajstić information content (AvgIpc) is 2.89. The minimum absolute atomic E-state index is 0.267. The quantitative estimate of drug-likeness (QED) is 0.669. The number of furan rings is 1. The molecule has 0 fully saturated rings. The maximum atomic E-state index is 11.8. The van der Waals surface area contributed by atoms with Crippen LogP contribution in [0.4, 0.5) is 4.79 Å². The smallest absolute Gasteiger partial charge is 0.315 e. The van der Waals surface area contributed by atoms with Crippen molar-refractivity contribution >= 4 is 27.0 Å². The number of carbonyl (C=O) groups is 1. The molecule has 0 spiro atoms. The molecule has 0 aliphatic carbocycles. The Hall–Kier alpha value is -2.06. The Kier molecular flexibility index (Phi) is 5.62. The van der Waals surface area contributed by atoms with Crippen molar-refractivity contribution in [1.29, 1.82) is 0 Å². The molecule has 2 aromatic rings. The molecule has 2 amide bonds. The minimum Gasteiger partial charge on any atom is -0.459 e. The first-order valence-electron chi connectivity index (χ1n) is 7.32. The second-order valence-corrected chi connectivity index (χ2v) is 7.16. The van der Waals surface area contributed by atoms with Crippen LogP contribution >= 0.6 is 0 Å². The maximum absolute atomic E-state index is 11.8. The van der Waals surface area contributed by atoms with Gasteiger partial charge < -0.3 is 15.1 Å². The Bertz CT molecular complexity index is 737. The van der Waals surface area contributed by atoms with Crippen LogP contribution in [0.25, 0.3) is 11.0 Å². The molecule has 0 unspecified atom stereocenters. The number of carbonyl (C=O) groups excluding carboxylic acids is 1. The van der Waals surface area contributed by atoms with Gasteiger partial charge >= 0.3 is 6.03 Å². The molecule has 0 aliphatic rings. The number of urea groups is 1. The van der Waals surface area contributed by atoms with Crippen molar-refractivity contribution in [2.75, 3.05) is 19.3 Å². The van der Waals surface area contributed by atoms with Crippen molar-refractivity contribution in [3.63, 3.8) is 0 Å². The Morgan fingerprint density at radius 1 is 1.26 bits per heavy atom. The molecule has 7 nitrogen and oxygen atoms in total. The number of fused-ring (bicyclic) bond motifs is 1. The van der Waals surface area contributed by atoms with Gasteiger partial charge in [0.2, 0.25) is 10.0 Å². The molecule has 0 radical (unpaired) electrons. The van der Waals surface area contributed by atoms with Gasteiger partial charge in [-0.3, -0.25) is 0 Å². The van der Waals surface area contributed by atoms with Gasteiger partial charge in [-0.25, -0.2) is 17.9 Å². The molecule has 126 valence electrons. The van der Waals surface area contributed by atoms with Crippen molar-refractivity contribution in [2.45, 2.75) is 19.4 Å². The normalized spacial score (nSPS) is 13.0. The van der Waals surface area contributed by atoms with Crippen LogP contribution < -0.4 is 15.4 Å². The van der Waals surface area contributed by atoms with Gasteiger partial charge in [-0.05, 0) is 25.5 Å². The molecular weight excluding hydrogens is 318 g/mol. The van der Waals surface area contributed by atoms with Crippen molar-refractivity contribution in [2.24, 2.45) is 0 Å². The SMILES string of the molecule is C[C@H](NC(=O)NCCCNS(C)(=O)=O)c1cc2ccccc2o1. The van der Waals surface area contributed by atoms with Crippen LogP contribution in [0.15, 0.2) is 34.7 Å². The molecule has 3 N–H and O–H groups in total. The maximum Gasteiger partial charge on any atom is 0.315 e. The summed E-state index contributed by atoms with van der Waals surface area (Å²) in [5.74, 6) is 0.681. The van der Waals surface area contributed by atoms with Crippen molar-refractivity contribution < 1.29 is 17.6 Å². The van der Waals surface area contributed by atoms with Gasteiger partial charge in [-0.15, -0.1) is 0 Å². The van der Waals surface area contributed by atoms with E-state index in [0.29, 0.717) is 18.7 Å². The second kappa shape index (κ2) is 7.47. The van der Waals surface area contributed by atoms with E-state index in [4.69, 9.17) is 4.42 Å². The van der Waals surface area contributed by atoms with E-state index >= 15 is 0 Å². The molecule has 2 rings (SSSR count). The van der Waals surface area contributed by atoms with Gasteiger partial charge in [0.15, 0.2) is 0 Å². The second-order valence-electron chi connectivity index (χ2n) is 5.33. The summed E-state index contributed by atoms with van der Waals surface area (Å²) in [5, 5.41) is 6.45. The predicted molar refractivity (Wildman–Crippen MR) is 88.6 cm³/mol. The Balaban J connectivity index is 1.76. The molecule has 0 saturated carbocycles. The summed E-state index contributed by atoms with van der Waals surface area (Å²) >= 11 is 0. The minimum atomic E-state index is -3.18. The van der Waals surface area contributed by atoms with Gasteiger partial charge in [0, 0.05) is 18.5 Å². The van der Waals surface area contributed by atoms with E-state index in [2.05, 4.69) is 15.4 Å². The van der Waals surface area contributed by atoms with Gasteiger partial charge in [-0.1, -0.05) is 18.2 Å². The topological polar surface area (TPSA) is 100 Å². The van der Waals surface area contributed by atoms with E-state index in [1.54, 1.807) is 0 Å². The summed E-state index contributed by atoms with van der Waals surface area (Å²) in [6.45, 7) is 2.50. The highest BCUT2D eigenvalue weighted by Gasteiger charge is 2.13. The van der Waals surface area contributed by atoms with Gasteiger partial charge in [0.05, 0.1) is 12.3 Å². The number of sulfonamides is 1. The largest absolute Gasteiger partial charge is 0.459 e. The molecule has 1 atom stereocenters. The molecule has 8 heteroatoms. The zero-order valence-corrected chi connectivity index (χ0v) is 13.9. The Labute approximate surface area is 135 Å². The fraction of sp³-hybridized carbons (Fsp3) is 0.400. The highest BCUT2D eigenvalue weighted by Crippen LogP contribution is 2.23. The lowest BCUT2D eigenvalue weighted by Gasteiger charge is -2.12. The molecule has 0 aliphatic heterocycles. The summed E-state index contributed by atoms with van der Waals surface area (Å²) in [4.78, 5) is 11.8. The summed E-state index contributed by atoms with van der Waals surface area (Å²) in [7, 11) is -3.18. The third-order valence-electron chi connectivity index (χ3n) is 3.22. The van der Waals surface area contributed by atoms with Crippen molar-refractivity contribution in [3.8, 4) is 0 Å². The molecule has 1 aromatic heterocycles. The first-order valence-corrected chi connectivity index (χ1v) is 9.22. The molecule has 0 bridgehead atoms. The predicted octanol–water partition coefficient (Wildman–Crippen LogP) is 1.73. The summed E-state index contributed by atoms with van der Waals surface area (Å²) in [6, 6.07) is 8.96. The number of nitrogens with one attached hydrogen (secondary N) is 3. The number of para-hydroxylation sites is 1. The van der Waals surface area contributed by atoms with Gasteiger partial charge in [0.25, 0.3) is 0 Å². The molecule has 23 heavy (non-hydrogen) atoms. The first kappa shape index (κ1) is 17.3. The number of rotatable bonds is 7. The lowest BCUT2D eigenvalue weighted by molar-refractivity contribution is 0.236. The third kappa shape index (κ3) is 5.57. The van der Waals surface area contributed by atoms with Crippen LogP contribution in [0.2, 0.25) is 0 Å². The molecule has 0 saturated heterocycles. The van der Waals surface area contributed by atoms with Crippen molar-refractivity contribution in [1.82, 2.24) is 15.4 Å². The van der Waals surface area contributed by atoms with E-state index in [9.17, 15) is 13.2 Å². The highest BCUT2D eigenvalue weighted by atomic mass is 32.2. The van der Waals surface area contributed by atoms with Gasteiger partial charge in [0.1, 0.15) is 11.3 Å². The standard InChI is InChI=1S/C15H21N3O4S/c1-11(14-10-12-6-3-4-7-13(12)22-14)18-15(19)16-8-5-9-17-23(2,20)21/h3-4,6-7,10-11,17H,5,8-9H2,1-2H3,(H2,16,18,19)/t11-/m0/s1. The third-order valence-corrected chi connectivity index (χ3v) is 3.95. The molecule has 1 aromatic carbocycles. The van der Waals surface area contributed by atoms with Crippen LogP contribution in [-0.2, 0) is 10.0 Å². The van der Waals surface area contributed by atoms with Gasteiger partial charge in [-0.2, -0.15) is 0 Å². The van der Waals surface area contributed by atoms with Crippen LogP contribution in [0.3, 0.4) is 0 Å². The fourth-order valence-electron chi connectivity index (χ4n) is 2.08. The molecular formula is C15H21N3O4S. The molecule has 1 heterocycles. The zero-order chi connectivity index (χ0) is 16.9. The average molecular weight is 339 g/mol. The highest BCUT2D eigenvalue weighted by molar-refractivity contribution is 7.88. The zero-order valence-electron chi connectivity index (χ0n) is 13.1. The van der Waals surface area contributed by atoms with Crippen LogP contribution in [0.1, 0.15) is 25.1 Å². The lowest BCUT2D eigenvalue weighted by atomic mass is 10.2. The Morgan fingerprint density at radius 2 is 2.00 bits per heavy atom. The number of benzene rings is 1. The summed E-state index contributed by atoms with van der Waals surface area (Å²) in [6.07, 6.45) is 1.61. The van der Waals surface area contributed by atoms with E-state index in [-0.39, 0.29) is 18.6 Å². The Morgan fingerprint density at radius 3 is 2.70 bits per heavy atom. The first-order chi connectivity index (χ1) is 10.8. The van der Waals surface area contributed by atoms with E-state index in [1.165, 1.54) is 0 Å². The monoisotopic (exact) mass is 339 g/mol. The van der Waals surface area contributed by atoms with Crippen LogP contribution in [-0.4, -0.2) is 33.8 Å². The van der Waals surface area contributed by atoms with E-state index in [1.807, 2.05) is 37.3 Å². The summed E-state index contributed by atoms with van der Waals surface area (Å²) in [5.41, 5.74) is 0.781. The fourth-order valence-corrected chi connectivity index (χ4v) is 2.60. The van der Waals surface area contributed by atoms with Crippen molar-refractivity contribution in [3.05, 3.63) is 36.1 Å². The lowest BCUT2D eigenvalue weighted by Crippen LogP contribution is -2.38. The number of hydrogen-bond acceptors (Lipinski definition) is 4. The number of hydrogen-bond donors (Lipinski definition) is 3.